The van der Waals surface area contributed by atoms with Gasteiger partial charge >= 0.3 is 5.97 Å². The molecule has 1 unspecified atom stereocenters. The highest BCUT2D eigenvalue weighted by molar-refractivity contribution is 5.87. The van der Waals surface area contributed by atoms with E-state index in [9.17, 15) is 4.79 Å². The van der Waals surface area contributed by atoms with Crippen molar-refractivity contribution in [3.8, 4) is 5.75 Å². The Kier molecular flexibility index (Phi) is 3.21. The number of hydrogen-bond donors (Lipinski definition) is 1. The van der Waals surface area contributed by atoms with Crippen LogP contribution in [0, 0.1) is 5.41 Å². The lowest BCUT2D eigenvalue weighted by Gasteiger charge is -2.51. The zero-order chi connectivity index (χ0) is 13.3. The first kappa shape index (κ1) is 12.5. The second-order valence-electron chi connectivity index (χ2n) is 5.90. The highest BCUT2D eigenvalue weighted by Gasteiger charge is 2.48. The van der Waals surface area contributed by atoms with Crippen molar-refractivity contribution in [2.75, 3.05) is 0 Å². The fourth-order valence-corrected chi connectivity index (χ4v) is 3.52. The Labute approximate surface area is 113 Å². The summed E-state index contributed by atoms with van der Waals surface area (Å²) >= 11 is 0. The highest BCUT2D eigenvalue weighted by Crippen LogP contribution is 2.53. The van der Waals surface area contributed by atoms with E-state index in [4.69, 9.17) is 9.84 Å². The van der Waals surface area contributed by atoms with E-state index in [2.05, 4.69) is 0 Å². The fraction of sp³-hybridized carbons (Fsp3) is 0.562. The van der Waals surface area contributed by atoms with Gasteiger partial charge in [0.15, 0.2) is 0 Å². The Morgan fingerprint density at radius 2 is 1.79 bits per heavy atom. The predicted octanol–water partition coefficient (Wildman–Crippen LogP) is 3.88. The molecule has 2 fully saturated rings. The molecule has 0 aliphatic heterocycles. The molecule has 1 aromatic carbocycles. The minimum atomic E-state index is -0.890. The third-order valence-electron chi connectivity index (χ3n) is 4.82. The summed E-state index contributed by atoms with van der Waals surface area (Å²) in [5, 5.41) is 8.87. The number of rotatable bonds is 3. The van der Waals surface area contributed by atoms with Gasteiger partial charge in [-0.15, -0.1) is 0 Å². The maximum Gasteiger partial charge on any atom is 0.335 e. The fourth-order valence-electron chi connectivity index (χ4n) is 3.52. The molecular weight excluding hydrogens is 240 g/mol. The van der Waals surface area contributed by atoms with Gasteiger partial charge in [0, 0.05) is 5.41 Å². The smallest absolute Gasteiger partial charge is 0.335 e. The number of carboxylic acids is 1. The molecule has 0 aromatic heterocycles. The molecule has 102 valence electrons. The number of ether oxygens (including phenoxy) is 1. The van der Waals surface area contributed by atoms with Crippen molar-refractivity contribution in [2.24, 2.45) is 5.41 Å². The van der Waals surface area contributed by atoms with Crippen LogP contribution in [-0.4, -0.2) is 17.2 Å². The van der Waals surface area contributed by atoms with Crippen LogP contribution in [0.3, 0.4) is 0 Å². The third kappa shape index (κ3) is 2.34. The van der Waals surface area contributed by atoms with Gasteiger partial charge in [-0.1, -0.05) is 19.3 Å². The van der Waals surface area contributed by atoms with Crippen molar-refractivity contribution in [3.63, 3.8) is 0 Å². The SMILES string of the molecule is O=C(O)c1ccc(OC2CCC23CCCCC3)cc1. The van der Waals surface area contributed by atoms with Crippen molar-refractivity contribution < 1.29 is 14.6 Å². The van der Waals surface area contributed by atoms with E-state index < -0.39 is 5.97 Å². The molecule has 3 heteroatoms. The quantitative estimate of drug-likeness (QED) is 0.897. The number of benzene rings is 1. The number of hydrogen-bond acceptors (Lipinski definition) is 2. The van der Waals surface area contributed by atoms with E-state index in [-0.39, 0.29) is 0 Å². The monoisotopic (exact) mass is 260 g/mol. The molecule has 0 radical (unpaired) electrons. The average molecular weight is 260 g/mol. The standard InChI is InChI=1S/C16H20O3/c17-15(18)12-4-6-13(7-5-12)19-14-8-11-16(14)9-2-1-3-10-16/h4-7,14H,1-3,8-11H2,(H,17,18). The molecule has 1 aromatic rings. The lowest BCUT2D eigenvalue weighted by molar-refractivity contribution is -0.0703. The van der Waals surface area contributed by atoms with Crippen LogP contribution < -0.4 is 4.74 Å². The van der Waals surface area contributed by atoms with Gasteiger partial charge in [0.1, 0.15) is 11.9 Å². The van der Waals surface area contributed by atoms with E-state index in [0.29, 0.717) is 17.1 Å². The van der Waals surface area contributed by atoms with Gasteiger partial charge in [-0.05, 0) is 49.9 Å². The van der Waals surface area contributed by atoms with Gasteiger partial charge in [-0.3, -0.25) is 0 Å². The number of carbonyl (C=O) groups is 1. The summed E-state index contributed by atoms with van der Waals surface area (Å²) in [5.41, 5.74) is 0.734. The molecule has 2 aliphatic carbocycles. The van der Waals surface area contributed by atoms with Gasteiger partial charge < -0.3 is 9.84 Å². The van der Waals surface area contributed by atoms with Crippen LogP contribution in [0.25, 0.3) is 0 Å². The van der Waals surface area contributed by atoms with Crippen LogP contribution in [0.4, 0.5) is 0 Å². The van der Waals surface area contributed by atoms with E-state index in [0.717, 1.165) is 12.2 Å². The summed E-state index contributed by atoms with van der Waals surface area (Å²) in [5.74, 6) is -0.0846. The summed E-state index contributed by atoms with van der Waals surface area (Å²) in [7, 11) is 0. The summed E-state index contributed by atoms with van der Waals surface area (Å²) < 4.78 is 6.09. The topological polar surface area (TPSA) is 46.5 Å². The minimum Gasteiger partial charge on any atom is -0.490 e. The summed E-state index contributed by atoms with van der Waals surface area (Å²) in [6, 6.07) is 6.78. The predicted molar refractivity (Wildman–Crippen MR) is 72.6 cm³/mol. The normalized spacial score (nSPS) is 24.7. The Morgan fingerprint density at radius 3 is 2.32 bits per heavy atom. The van der Waals surface area contributed by atoms with E-state index in [1.165, 1.54) is 38.5 Å². The molecule has 19 heavy (non-hydrogen) atoms. The van der Waals surface area contributed by atoms with E-state index in [1.54, 1.807) is 24.3 Å². The van der Waals surface area contributed by atoms with Crippen molar-refractivity contribution in [1.29, 1.82) is 0 Å². The Bertz CT molecular complexity index is 457. The van der Waals surface area contributed by atoms with Gasteiger partial charge in [-0.25, -0.2) is 4.79 Å². The lowest BCUT2D eigenvalue weighted by Crippen LogP contribution is -2.49. The first-order valence-corrected chi connectivity index (χ1v) is 7.20. The van der Waals surface area contributed by atoms with Crippen LogP contribution in [-0.2, 0) is 0 Å². The molecule has 1 spiro atoms. The van der Waals surface area contributed by atoms with Crippen molar-refractivity contribution in [1.82, 2.24) is 0 Å². The molecule has 2 saturated carbocycles. The Morgan fingerprint density at radius 1 is 1.11 bits per heavy atom. The van der Waals surface area contributed by atoms with Crippen LogP contribution in [0.1, 0.15) is 55.3 Å². The van der Waals surface area contributed by atoms with E-state index in [1.807, 2.05) is 0 Å². The highest BCUT2D eigenvalue weighted by atomic mass is 16.5. The first-order valence-electron chi connectivity index (χ1n) is 7.20. The second kappa shape index (κ2) is 4.87. The number of carboxylic acid groups (broad SMARTS) is 1. The van der Waals surface area contributed by atoms with Gasteiger partial charge in [0.2, 0.25) is 0 Å². The van der Waals surface area contributed by atoms with Crippen LogP contribution >= 0.6 is 0 Å². The zero-order valence-corrected chi connectivity index (χ0v) is 11.1. The van der Waals surface area contributed by atoms with Crippen LogP contribution in [0.15, 0.2) is 24.3 Å². The van der Waals surface area contributed by atoms with E-state index >= 15 is 0 Å². The van der Waals surface area contributed by atoms with Gasteiger partial charge in [-0.2, -0.15) is 0 Å². The zero-order valence-electron chi connectivity index (χ0n) is 11.1. The average Bonchev–Trinajstić information content (AvgIpc) is 2.45. The third-order valence-corrected chi connectivity index (χ3v) is 4.82. The maximum atomic E-state index is 10.8. The van der Waals surface area contributed by atoms with Crippen molar-refractivity contribution >= 4 is 5.97 Å². The Balaban J connectivity index is 1.66. The van der Waals surface area contributed by atoms with Gasteiger partial charge in [0.25, 0.3) is 0 Å². The molecule has 3 rings (SSSR count). The molecule has 0 bridgehead atoms. The molecule has 3 nitrogen and oxygen atoms in total. The molecule has 0 heterocycles. The summed E-state index contributed by atoms with van der Waals surface area (Å²) in [6.45, 7) is 0. The van der Waals surface area contributed by atoms with Crippen LogP contribution in [0.5, 0.6) is 5.75 Å². The molecular formula is C16H20O3. The van der Waals surface area contributed by atoms with Crippen LogP contribution in [0.2, 0.25) is 0 Å². The molecule has 0 saturated heterocycles. The molecule has 1 N–H and O–H groups in total. The molecule has 0 amide bonds. The van der Waals surface area contributed by atoms with Crippen molar-refractivity contribution in [2.45, 2.75) is 51.0 Å². The minimum absolute atomic E-state index is 0.313. The summed E-state index contributed by atoms with van der Waals surface area (Å²) in [6.07, 6.45) is 9.39. The molecule has 1 atom stereocenters. The maximum absolute atomic E-state index is 10.8. The Hall–Kier alpha value is -1.51. The largest absolute Gasteiger partial charge is 0.490 e. The van der Waals surface area contributed by atoms with Crippen molar-refractivity contribution in [3.05, 3.63) is 29.8 Å². The summed E-state index contributed by atoms with van der Waals surface area (Å²) in [4.78, 5) is 10.8. The van der Waals surface area contributed by atoms with Gasteiger partial charge in [0.05, 0.1) is 5.56 Å². The second-order valence-corrected chi connectivity index (χ2v) is 5.90. The molecule has 2 aliphatic rings. The number of aromatic carboxylic acids is 1. The first-order chi connectivity index (χ1) is 9.20. The lowest BCUT2D eigenvalue weighted by atomic mass is 9.58.